The number of pyridine rings is 2. The number of carbonyl (C=O) groups is 1. The van der Waals surface area contributed by atoms with Gasteiger partial charge in [-0.05, 0) is 63.2 Å². The summed E-state index contributed by atoms with van der Waals surface area (Å²) in [4.78, 5) is 31.7. The normalized spacial score (nSPS) is 14.6. The fourth-order valence-corrected chi connectivity index (χ4v) is 4.47. The van der Waals surface area contributed by atoms with Gasteiger partial charge in [0.2, 0.25) is 0 Å². The Morgan fingerprint density at radius 1 is 1.09 bits per heavy atom. The van der Waals surface area contributed by atoms with Crippen LogP contribution in [0.25, 0.3) is 33.2 Å². The highest BCUT2D eigenvalue weighted by atomic mass is 16.2. The number of hydrogen-bond donors (Lipinski definition) is 3. The highest BCUT2D eigenvalue weighted by molar-refractivity contribution is 5.96. The van der Waals surface area contributed by atoms with Crippen LogP contribution in [0.5, 0.6) is 0 Å². The zero-order valence-electron chi connectivity index (χ0n) is 18.9. The van der Waals surface area contributed by atoms with E-state index < -0.39 is 0 Å². The lowest BCUT2D eigenvalue weighted by Gasteiger charge is -2.26. The van der Waals surface area contributed by atoms with Crippen LogP contribution in [0.2, 0.25) is 0 Å². The van der Waals surface area contributed by atoms with Crippen LogP contribution in [0.3, 0.4) is 0 Å². The van der Waals surface area contributed by atoms with Gasteiger partial charge in [-0.1, -0.05) is 12.5 Å². The van der Waals surface area contributed by atoms with Gasteiger partial charge >= 0.3 is 0 Å². The Labute approximate surface area is 192 Å². The number of hydrogen-bond acceptors (Lipinski definition) is 6. The number of nitrogens with one attached hydrogen (secondary N) is 3. The molecule has 4 aromatic rings. The molecule has 1 amide bonds. The van der Waals surface area contributed by atoms with Crippen LogP contribution in [-0.4, -0.2) is 64.0 Å². The van der Waals surface area contributed by atoms with E-state index in [1.807, 2.05) is 43.6 Å². The maximum absolute atomic E-state index is 12.6. The summed E-state index contributed by atoms with van der Waals surface area (Å²) in [6, 6.07) is 9.81. The summed E-state index contributed by atoms with van der Waals surface area (Å²) >= 11 is 0. The maximum atomic E-state index is 12.6. The van der Waals surface area contributed by atoms with Crippen molar-refractivity contribution in [2.75, 3.05) is 38.5 Å². The molecule has 0 bridgehead atoms. The lowest BCUT2D eigenvalue weighted by Crippen LogP contribution is -2.33. The van der Waals surface area contributed by atoms with Crippen molar-refractivity contribution in [1.29, 1.82) is 0 Å². The van der Waals surface area contributed by atoms with Crippen LogP contribution in [0.15, 0.2) is 42.7 Å². The molecule has 1 saturated heterocycles. The second-order valence-electron chi connectivity index (χ2n) is 8.53. The van der Waals surface area contributed by atoms with Gasteiger partial charge in [0.1, 0.15) is 0 Å². The number of anilines is 1. The van der Waals surface area contributed by atoms with Crippen molar-refractivity contribution in [3.8, 4) is 11.3 Å². The summed E-state index contributed by atoms with van der Waals surface area (Å²) in [6.07, 6.45) is 8.42. The molecule has 1 aliphatic rings. The quantitative estimate of drug-likeness (QED) is 0.376. The predicted octanol–water partition coefficient (Wildman–Crippen LogP) is 3.82. The summed E-state index contributed by atoms with van der Waals surface area (Å²) in [5, 5.41) is 7.20. The number of amides is 1. The number of carbonyl (C=O) groups excluding carboxylic acids is 1. The Bertz CT molecular complexity index is 1280. The zero-order chi connectivity index (χ0) is 22.6. The summed E-state index contributed by atoms with van der Waals surface area (Å²) in [6.45, 7) is 4.05. The van der Waals surface area contributed by atoms with Gasteiger partial charge in [0.15, 0.2) is 5.82 Å². The van der Waals surface area contributed by atoms with Gasteiger partial charge in [0.05, 0.1) is 22.2 Å². The standard InChI is InChI=1S/C25H29N7O/c1-26-22-15-21(29-19-8-10-27-16-18(19)22)17-6-7-20-23(14-17)31-24(30-20)25(33)28-9-5-13-32-11-3-2-4-12-32/h6-8,10,14-16H,2-5,9,11-13H2,1H3,(H,26,29)(H,28,33)(H,30,31). The third-order valence-corrected chi connectivity index (χ3v) is 6.26. The van der Waals surface area contributed by atoms with Gasteiger partial charge in [-0.25, -0.2) is 9.97 Å². The third-order valence-electron chi connectivity index (χ3n) is 6.26. The van der Waals surface area contributed by atoms with E-state index in [-0.39, 0.29) is 5.91 Å². The number of nitrogens with zero attached hydrogens (tertiary/aromatic N) is 4. The SMILES string of the molecule is CNc1cc(-c2ccc3nc(C(=O)NCCCN4CCCCC4)[nH]c3c2)nc2ccncc12. The van der Waals surface area contributed by atoms with Crippen LogP contribution < -0.4 is 10.6 Å². The summed E-state index contributed by atoms with van der Waals surface area (Å²) in [5.41, 5.74) is 5.22. The smallest absolute Gasteiger partial charge is 0.287 e. The van der Waals surface area contributed by atoms with Crippen LogP contribution >= 0.6 is 0 Å². The molecule has 5 rings (SSSR count). The topological polar surface area (TPSA) is 98.8 Å². The van der Waals surface area contributed by atoms with Gasteiger partial charge in [-0.15, -0.1) is 0 Å². The van der Waals surface area contributed by atoms with E-state index in [0.717, 1.165) is 51.8 Å². The molecule has 0 atom stereocenters. The first-order valence-corrected chi connectivity index (χ1v) is 11.6. The molecule has 0 unspecified atom stereocenters. The van der Waals surface area contributed by atoms with E-state index >= 15 is 0 Å². The fourth-order valence-electron chi connectivity index (χ4n) is 4.47. The molecule has 4 heterocycles. The largest absolute Gasteiger partial charge is 0.387 e. The number of aromatic nitrogens is 4. The lowest BCUT2D eigenvalue weighted by atomic mass is 10.1. The van der Waals surface area contributed by atoms with Crippen molar-refractivity contribution in [3.63, 3.8) is 0 Å². The molecule has 33 heavy (non-hydrogen) atoms. The Balaban J connectivity index is 1.29. The molecule has 0 spiro atoms. The molecule has 3 N–H and O–H groups in total. The Morgan fingerprint density at radius 3 is 2.82 bits per heavy atom. The third kappa shape index (κ3) is 4.66. The minimum atomic E-state index is -0.166. The first kappa shape index (κ1) is 21.3. The maximum Gasteiger partial charge on any atom is 0.287 e. The molecule has 1 aromatic carbocycles. The Kier molecular flexibility index (Phi) is 6.17. The molecule has 1 fully saturated rings. The van der Waals surface area contributed by atoms with Crippen LogP contribution in [0, 0.1) is 0 Å². The number of piperidine rings is 1. The lowest BCUT2D eigenvalue weighted by molar-refractivity contribution is 0.0942. The molecule has 0 saturated carbocycles. The second kappa shape index (κ2) is 9.54. The second-order valence-corrected chi connectivity index (χ2v) is 8.53. The summed E-state index contributed by atoms with van der Waals surface area (Å²) in [5.74, 6) is 0.175. The number of imidazole rings is 1. The molecule has 8 nitrogen and oxygen atoms in total. The van der Waals surface area contributed by atoms with E-state index in [1.54, 1.807) is 6.20 Å². The van der Waals surface area contributed by atoms with E-state index in [2.05, 4.69) is 30.5 Å². The van der Waals surface area contributed by atoms with Crippen LogP contribution in [-0.2, 0) is 0 Å². The van der Waals surface area contributed by atoms with Gasteiger partial charge < -0.3 is 20.5 Å². The molecule has 3 aromatic heterocycles. The van der Waals surface area contributed by atoms with Crippen molar-refractivity contribution in [2.24, 2.45) is 0 Å². The minimum Gasteiger partial charge on any atom is -0.387 e. The molecular formula is C25H29N7O. The minimum absolute atomic E-state index is 0.166. The van der Waals surface area contributed by atoms with Crippen LogP contribution in [0.4, 0.5) is 5.69 Å². The van der Waals surface area contributed by atoms with Crippen molar-refractivity contribution < 1.29 is 4.79 Å². The predicted molar refractivity (Wildman–Crippen MR) is 131 cm³/mol. The van der Waals surface area contributed by atoms with Gasteiger partial charge in [-0.2, -0.15) is 0 Å². The van der Waals surface area contributed by atoms with Crippen molar-refractivity contribution in [2.45, 2.75) is 25.7 Å². The van der Waals surface area contributed by atoms with Crippen molar-refractivity contribution in [1.82, 2.24) is 30.2 Å². The first-order chi connectivity index (χ1) is 16.2. The number of benzene rings is 1. The first-order valence-electron chi connectivity index (χ1n) is 11.6. The highest BCUT2D eigenvalue weighted by Crippen LogP contribution is 2.29. The molecule has 0 radical (unpaired) electrons. The van der Waals surface area contributed by atoms with Crippen molar-refractivity contribution in [3.05, 3.63) is 48.5 Å². The van der Waals surface area contributed by atoms with E-state index in [4.69, 9.17) is 4.98 Å². The van der Waals surface area contributed by atoms with Gasteiger partial charge in [-0.3, -0.25) is 9.78 Å². The number of fused-ring (bicyclic) bond motifs is 2. The molecule has 8 heteroatoms. The summed E-state index contributed by atoms with van der Waals surface area (Å²) in [7, 11) is 1.89. The molecule has 1 aliphatic heterocycles. The molecular weight excluding hydrogens is 414 g/mol. The Morgan fingerprint density at radius 2 is 1.97 bits per heavy atom. The average Bonchev–Trinajstić information content (AvgIpc) is 3.30. The van der Waals surface area contributed by atoms with E-state index in [1.165, 1.54) is 32.4 Å². The number of aromatic amines is 1. The number of likely N-dealkylation sites (tertiary alicyclic amines) is 1. The Hall–Kier alpha value is -3.52. The fraction of sp³-hybridized carbons (Fsp3) is 0.360. The number of rotatable bonds is 7. The van der Waals surface area contributed by atoms with Gasteiger partial charge in [0.25, 0.3) is 5.91 Å². The van der Waals surface area contributed by atoms with Gasteiger partial charge in [0, 0.05) is 42.6 Å². The average molecular weight is 444 g/mol. The monoisotopic (exact) mass is 443 g/mol. The molecule has 0 aliphatic carbocycles. The van der Waals surface area contributed by atoms with E-state index in [9.17, 15) is 4.79 Å². The van der Waals surface area contributed by atoms with E-state index in [0.29, 0.717) is 12.4 Å². The number of H-pyrrole nitrogens is 1. The summed E-state index contributed by atoms with van der Waals surface area (Å²) < 4.78 is 0. The van der Waals surface area contributed by atoms with Crippen LogP contribution in [0.1, 0.15) is 36.3 Å². The zero-order valence-corrected chi connectivity index (χ0v) is 18.9. The molecule has 170 valence electrons. The van der Waals surface area contributed by atoms with Crippen molar-refractivity contribution >= 4 is 33.5 Å². The highest BCUT2D eigenvalue weighted by Gasteiger charge is 2.14.